The summed E-state index contributed by atoms with van der Waals surface area (Å²) in [6.07, 6.45) is 3.53. The lowest BCUT2D eigenvalue weighted by molar-refractivity contribution is -0.151. The normalized spacial score (nSPS) is 25.0. The Bertz CT molecular complexity index is 1000. The van der Waals surface area contributed by atoms with E-state index in [0.717, 1.165) is 25.7 Å². The number of fused-ring (bicyclic) bond motifs is 2. The molecule has 1 aromatic carbocycles. The van der Waals surface area contributed by atoms with E-state index in [1.54, 1.807) is 18.2 Å². The molecule has 3 fully saturated rings. The van der Waals surface area contributed by atoms with Crippen LogP contribution in [-0.2, 0) is 16.0 Å². The number of hydrogen-bond acceptors (Lipinski definition) is 5. The molecule has 1 amide bonds. The Morgan fingerprint density at radius 3 is 2.35 bits per heavy atom. The molecule has 3 heterocycles. The molecule has 3 atom stereocenters. The fourth-order valence-corrected chi connectivity index (χ4v) is 5.56. The molecule has 7 nitrogen and oxygen atoms in total. The molecule has 9 heteroatoms. The Labute approximate surface area is 189 Å². The predicted octanol–water partition coefficient (Wildman–Crippen LogP) is 5.28. The van der Waals surface area contributed by atoms with E-state index >= 15 is 0 Å². The number of carbonyl (C=O) groups is 2. The number of carbonyl (C=O) groups excluding carboxylic acids is 1. The van der Waals surface area contributed by atoms with Crippen molar-refractivity contribution in [2.24, 2.45) is 0 Å². The van der Waals surface area contributed by atoms with Crippen molar-refractivity contribution in [2.75, 3.05) is 0 Å². The van der Waals surface area contributed by atoms with Crippen LogP contribution in [0.2, 0.25) is 10.0 Å². The summed E-state index contributed by atoms with van der Waals surface area (Å²) in [6, 6.07) is 5.04. The molecular formula is C22H22Cl2N2O5. The topological polar surface area (TPSA) is 92.9 Å². The highest BCUT2D eigenvalue weighted by Crippen LogP contribution is 2.46. The van der Waals surface area contributed by atoms with Gasteiger partial charge in [-0.1, -0.05) is 34.4 Å². The largest absolute Gasteiger partial charge is 0.465 e. The number of nitrogens with zero attached hydrogens (tertiary/aromatic N) is 2. The Morgan fingerprint density at radius 2 is 1.77 bits per heavy atom. The molecule has 3 aliphatic rings. The van der Waals surface area contributed by atoms with Gasteiger partial charge >= 0.3 is 12.1 Å². The molecule has 1 N–H and O–H groups in total. The number of carboxylic acid groups (broad SMARTS) is 1. The number of ether oxygens (including phenoxy) is 1. The fraction of sp³-hybridized carbons (Fsp3) is 0.500. The summed E-state index contributed by atoms with van der Waals surface area (Å²) >= 11 is 12.8. The van der Waals surface area contributed by atoms with E-state index in [1.807, 2.05) is 0 Å². The van der Waals surface area contributed by atoms with Gasteiger partial charge in [0, 0.05) is 42.0 Å². The maximum Gasteiger partial charge on any atom is 0.407 e. The second-order valence-corrected chi connectivity index (χ2v) is 9.39. The van der Waals surface area contributed by atoms with Crippen LogP contribution < -0.4 is 0 Å². The van der Waals surface area contributed by atoms with E-state index in [0.29, 0.717) is 45.5 Å². The summed E-state index contributed by atoms with van der Waals surface area (Å²) in [7, 11) is 0. The summed E-state index contributed by atoms with van der Waals surface area (Å²) in [4.78, 5) is 25.9. The maximum atomic E-state index is 12.9. The van der Waals surface area contributed by atoms with Crippen molar-refractivity contribution < 1.29 is 24.0 Å². The van der Waals surface area contributed by atoms with Gasteiger partial charge in [-0.3, -0.25) is 4.79 Å². The van der Waals surface area contributed by atoms with Crippen molar-refractivity contribution in [2.45, 2.75) is 69.1 Å². The number of halogens is 2. The summed E-state index contributed by atoms with van der Waals surface area (Å²) in [6.45, 7) is 0. The van der Waals surface area contributed by atoms with Crippen molar-refractivity contribution in [3.8, 4) is 11.3 Å². The zero-order valence-corrected chi connectivity index (χ0v) is 18.2. The van der Waals surface area contributed by atoms with Crippen molar-refractivity contribution in [1.82, 2.24) is 10.1 Å². The van der Waals surface area contributed by atoms with Gasteiger partial charge < -0.3 is 19.3 Å². The zero-order valence-electron chi connectivity index (χ0n) is 16.7. The van der Waals surface area contributed by atoms with Crippen LogP contribution in [0.4, 0.5) is 4.79 Å². The van der Waals surface area contributed by atoms with Crippen LogP contribution in [0.5, 0.6) is 0 Å². The first kappa shape index (κ1) is 20.6. The zero-order chi connectivity index (χ0) is 21.7. The summed E-state index contributed by atoms with van der Waals surface area (Å²) in [5.74, 6) is 0.575. The number of rotatable bonds is 5. The van der Waals surface area contributed by atoms with E-state index in [1.165, 1.54) is 4.90 Å². The van der Waals surface area contributed by atoms with Crippen molar-refractivity contribution >= 4 is 35.3 Å². The highest BCUT2D eigenvalue weighted by Gasteiger charge is 2.44. The number of amides is 1. The van der Waals surface area contributed by atoms with Crippen molar-refractivity contribution in [1.29, 1.82) is 0 Å². The van der Waals surface area contributed by atoms with Gasteiger partial charge in [-0.25, -0.2) is 4.79 Å². The smallest absolute Gasteiger partial charge is 0.407 e. The van der Waals surface area contributed by atoms with Crippen LogP contribution in [0.3, 0.4) is 0 Å². The summed E-state index contributed by atoms with van der Waals surface area (Å²) < 4.78 is 11.4. The first-order valence-corrected chi connectivity index (χ1v) is 11.3. The molecule has 1 aliphatic carbocycles. The van der Waals surface area contributed by atoms with Gasteiger partial charge in [0.15, 0.2) is 0 Å². The quantitative estimate of drug-likeness (QED) is 0.604. The van der Waals surface area contributed by atoms with E-state index < -0.39 is 6.09 Å². The molecule has 164 valence electrons. The summed E-state index contributed by atoms with van der Waals surface area (Å²) in [5.41, 5.74) is 1.71. The molecule has 2 bridgehead atoms. The number of hydrogen-bond donors (Lipinski definition) is 1. The lowest BCUT2D eigenvalue weighted by atomic mass is 9.99. The maximum absolute atomic E-state index is 12.9. The second kappa shape index (κ2) is 8.02. The van der Waals surface area contributed by atoms with Gasteiger partial charge in [0.05, 0.1) is 16.5 Å². The van der Waals surface area contributed by atoms with E-state index in [4.69, 9.17) is 32.5 Å². The molecular weight excluding hydrogens is 443 g/mol. The van der Waals surface area contributed by atoms with Gasteiger partial charge in [0.2, 0.25) is 0 Å². The third kappa shape index (κ3) is 3.89. The van der Waals surface area contributed by atoms with Gasteiger partial charge in [0.25, 0.3) is 0 Å². The average Bonchev–Trinajstić information content (AvgIpc) is 3.41. The van der Waals surface area contributed by atoms with Crippen molar-refractivity contribution in [3.63, 3.8) is 0 Å². The number of esters is 1. The molecule has 2 aromatic rings. The molecule has 0 radical (unpaired) electrons. The Kier molecular flexibility index (Phi) is 5.34. The number of aromatic nitrogens is 1. The molecule has 2 saturated heterocycles. The molecule has 5 rings (SSSR count). The fourth-order valence-electron chi connectivity index (χ4n) is 4.99. The second-order valence-electron chi connectivity index (χ2n) is 8.58. The highest BCUT2D eigenvalue weighted by molar-refractivity contribution is 6.39. The third-order valence-electron chi connectivity index (χ3n) is 6.50. The highest BCUT2D eigenvalue weighted by atomic mass is 35.5. The van der Waals surface area contributed by atoms with Gasteiger partial charge in [0.1, 0.15) is 17.6 Å². The van der Waals surface area contributed by atoms with Crippen molar-refractivity contribution in [3.05, 3.63) is 39.6 Å². The lowest BCUT2D eigenvalue weighted by Gasteiger charge is -2.36. The minimum Gasteiger partial charge on any atom is -0.465 e. The number of benzene rings is 1. The van der Waals surface area contributed by atoms with Crippen LogP contribution in [0.15, 0.2) is 22.7 Å². The van der Waals surface area contributed by atoms with Gasteiger partial charge in [-0.15, -0.1) is 0 Å². The van der Waals surface area contributed by atoms with Crippen LogP contribution in [0.1, 0.15) is 55.8 Å². The molecule has 1 unspecified atom stereocenters. The monoisotopic (exact) mass is 464 g/mol. The van der Waals surface area contributed by atoms with Crippen LogP contribution >= 0.6 is 23.2 Å². The predicted molar refractivity (Wildman–Crippen MR) is 113 cm³/mol. The van der Waals surface area contributed by atoms with Crippen LogP contribution in [-0.4, -0.2) is 45.4 Å². The third-order valence-corrected chi connectivity index (χ3v) is 7.13. The molecule has 2 aliphatic heterocycles. The van der Waals surface area contributed by atoms with Crippen LogP contribution in [0.25, 0.3) is 11.3 Å². The molecule has 0 spiro atoms. The van der Waals surface area contributed by atoms with Crippen LogP contribution in [0, 0.1) is 0 Å². The first-order valence-electron chi connectivity index (χ1n) is 10.6. The van der Waals surface area contributed by atoms with E-state index in [2.05, 4.69) is 5.16 Å². The molecule has 31 heavy (non-hydrogen) atoms. The van der Waals surface area contributed by atoms with Gasteiger partial charge in [-0.05, 0) is 37.8 Å². The Hall–Kier alpha value is -2.25. The molecule has 1 aromatic heterocycles. The minimum atomic E-state index is -0.892. The average molecular weight is 465 g/mol. The van der Waals surface area contributed by atoms with E-state index in [-0.39, 0.29) is 36.5 Å². The lowest BCUT2D eigenvalue weighted by Crippen LogP contribution is -2.48. The molecule has 1 saturated carbocycles. The number of piperidine rings is 1. The Balaban J connectivity index is 1.35. The first-order chi connectivity index (χ1) is 14.9. The van der Waals surface area contributed by atoms with E-state index in [9.17, 15) is 14.7 Å². The standard InChI is InChI=1S/C22H22Cl2N2O5/c23-16-2-1-3-17(24)19(16)20-15(21(31-25-20)11-4-5-11)10-18(27)30-14-8-12-6-7-13(9-14)26(12)22(28)29/h1-3,11-14H,4-10H2,(H,28,29)/t12-,13+,14?. The Morgan fingerprint density at radius 1 is 1.13 bits per heavy atom. The van der Waals surface area contributed by atoms with Gasteiger partial charge in [-0.2, -0.15) is 0 Å². The minimum absolute atomic E-state index is 0.0146. The summed E-state index contributed by atoms with van der Waals surface area (Å²) in [5, 5.41) is 14.5. The SMILES string of the molecule is O=C(Cc1c(-c2c(Cl)cccc2Cl)noc1C1CC1)OC1C[C@H]2CC[C@@H](C1)N2C(=O)O.